The zero-order valence-electron chi connectivity index (χ0n) is 20.6. The van der Waals surface area contributed by atoms with Crippen molar-refractivity contribution < 1.29 is 35.8 Å². The molecule has 8 heteroatoms. The zero-order valence-corrected chi connectivity index (χ0v) is 20.6. The minimum atomic E-state index is -4.99. The molecule has 2 aliphatic rings. The molecule has 1 fully saturated rings. The molecule has 0 unspecified atom stereocenters. The van der Waals surface area contributed by atoms with Crippen molar-refractivity contribution in [3.8, 4) is 22.6 Å². The maximum atomic E-state index is 15.3. The van der Waals surface area contributed by atoms with Gasteiger partial charge < -0.3 is 9.47 Å². The minimum Gasteiger partial charge on any atom is -0.491 e. The number of alkyl halides is 4. The fourth-order valence-electron chi connectivity index (χ4n) is 5.45. The largest absolute Gasteiger partial charge is 0.491 e. The summed E-state index contributed by atoms with van der Waals surface area (Å²) in [5.74, 6) is -13.3. The van der Waals surface area contributed by atoms with Crippen molar-refractivity contribution in [1.29, 1.82) is 0 Å². The quantitative estimate of drug-likeness (QED) is 0.246. The Kier molecular flexibility index (Phi) is 7.81. The van der Waals surface area contributed by atoms with Gasteiger partial charge in [0.25, 0.3) is 0 Å². The van der Waals surface area contributed by atoms with Crippen LogP contribution in [0.4, 0.5) is 26.3 Å². The predicted molar refractivity (Wildman–Crippen MR) is 126 cm³/mol. The van der Waals surface area contributed by atoms with E-state index in [0.717, 1.165) is 49.9 Å². The summed E-state index contributed by atoms with van der Waals surface area (Å²) in [5.41, 5.74) is -3.94. The molecule has 2 aliphatic carbocycles. The Morgan fingerprint density at radius 1 is 0.722 bits per heavy atom. The molecule has 2 nitrogen and oxygen atoms in total. The Hall–Kier alpha value is -2.38. The second-order valence-electron chi connectivity index (χ2n) is 9.88. The number of hydrogen-bond donors (Lipinski definition) is 0. The molecule has 0 heterocycles. The predicted octanol–water partition coefficient (Wildman–Crippen LogP) is 8.99. The van der Waals surface area contributed by atoms with Crippen molar-refractivity contribution in [2.24, 2.45) is 11.8 Å². The maximum absolute atomic E-state index is 15.3. The molecule has 36 heavy (non-hydrogen) atoms. The van der Waals surface area contributed by atoms with Gasteiger partial charge >= 0.3 is 11.8 Å². The standard InChI is InChI=1S/C28H32F6O2/c1-3-5-6-7-17-8-10-18(11-9-17)16-36-22-15-13-20-19-12-14-21(35-4-2)25(29)23(19)27(31,32)28(33,34)24(20)26(22)30/h12-15,17-18H,3-11,16H2,1-2H3. The molecule has 0 atom stereocenters. The Bertz CT molecular complexity index is 1080. The fraction of sp³-hybridized carbons (Fsp3) is 0.571. The normalized spacial score (nSPS) is 22.0. The van der Waals surface area contributed by atoms with Crippen LogP contribution in [0, 0.1) is 23.5 Å². The van der Waals surface area contributed by atoms with Crippen LogP contribution in [0.5, 0.6) is 11.5 Å². The highest BCUT2D eigenvalue weighted by Gasteiger charge is 2.65. The van der Waals surface area contributed by atoms with E-state index in [0.29, 0.717) is 5.92 Å². The first-order chi connectivity index (χ1) is 17.1. The highest BCUT2D eigenvalue weighted by molar-refractivity contribution is 5.78. The number of hydrogen-bond acceptors (Lipinski definition) is 2. The van der Waals surface area contributed by atoms with Crippen LogP contribution in [0.15, 0.2) is 24.3 Å². The van der Waals surface area contributed by atoms with Gasteiger partial charge in [-0.3, -0.25) is 0 Å². The Balaban J connectivity index is 1.57. The third-order valence-corrected chi connectivity index (χ3v) is 7.48. The molecule has 0 aliphatic heterocycles. The SMILES string of the molecule is CCCCCC1CCC(COc2ccc3c(c2F)C(F)(F)C(F)(F)c2c-3ccc(OCC)c2F)CC1. The van der Waals surface area contributed by atoms with Gasteiger partial charge in [-0.2, -0.15) is 17.6 Å². The lowest BCUT2D eigenvalue weighted by molar-refractivity contribution is -0.228. The monoisotopic (exact) mass is 514 g/mol. The Morgan fingerprint density at radius 2 is 1.22 bits per heavy atom. The van der Waals surface area contributed by atoms with E-state index in [1.54, 1.807) is 0 Å². The third kappa shape index (κ3) is 4.68. The summed E-state index contributed by atoms with van der Waals surface area (Å²) >= 11 is 0. The first-order valence-electron chi connectivity index (χ1n) is 12.8. The Labute approximate surface area is 208 Å². The number of benzene rings is 2. The topological polar surface area (TPSA) is 18.5 Å². The summed E-state index contributed by atoms with van der Waals surface area (Å²) in [6.07, 6.45) is 8.67. The third-order valence-electron chi connectivity index (χ3n) is 7.48. The van der Waals surface area contributed by atoms with Crippen LogP contribution in [0.2, 0.25) is 0 Å². The van der Waals surface area contributed by atoms with Crippen LogP contribution >= 0.6 is 0 Å². The average molecular weight is 515 g/mol. The van der Waals surface area contributed by atoms with Crippen molar-refractivity contribution >= 4 is 0 Å². The first kappa shape index (κ1) is 26.7. The van der Waals surface area contributed by atoms with Gasteiger partial charge in [-0.15, -0.1) is 0 Å². The molecule has 0 saturated heterocycles. The molecule has 0 bridgehead atoms. The summed E-state index contributed by atoms with van der Waals surface area (Å²) in [5, 5.41) is 0. The number of ether oxygens (including phenoxy) is 2. The van der Waals surface area contributed by atoms with Gasteiger partial charge in [-0.05, 0) is 67.0 Å². The molecular formula is C28H32F6O2. The van der Waals surface area contributed by atoms with E-state index in [1.807, 2.05) is 0 Å². The number of rotatable bonds is 9. The molecule has 0 radical (unpaired) electrons. The second-order valence-corrected chi connectivity index (χ2v) is 9.88. The first-order valence-corrected chi connectivity index (χ1v) is 12.8. The fourth-order valence-corrected chi connectivity index (χ4v) is 5.45. The van der Waals surface area contributed by atoms with Crippen LogP contribution in [0.1, 0.15) is 76.3 Å². The van der Waals surface area contributed by atoms with Crippen molar-refractivity contribution in [1.82, 2.24) is 0 Å². The highest BCUT2D eigenvalue weighted by Crippen LogP contribution is 2.60. The lowest BCUT2D eigenvalue weighted by atomic mass is 9.79. The minimum absolute atomic E-state index is 0.0376. The van der Waals surface area contributed by atoms with Crippen LogP contribution in [0.25, 0.3) is 11.1 Å². The van der Waals surface area contributed by atoms with Gasteiger partial charge in [0, 0.05) is 0 Å². The summed E-state index contributed by atoms with van der Waals surface area (Å²) in [4.78, 5) is 0. The van der Waals surface area contributed by atoms with Crippen molar-refractivity contribution in [3.63, 3.8) is 0 Å². The molecule has 2 aromatic carbocycles. The van der Waals surface area contributed by atoms with E-state index in [4.69, 9.17) is 9.47 Å². The summed E-state index contributed by atoms with van der Waals surface area (Å²) in [6.45, 7) is 3.77. The number of unbranched alkanes of at least 4 members (excludes halogenated alkanes) is 2. The van der Waals surface area contributed by atoms with Gasteiger partial charge in [-0.25, -0.2) is 8.78 Å². The molecule has 0 amide bonds. The number of fused-ring (bicyclic) bond motifs is 3. The van der Waals surface area contributed by atoms with Gasteiger partial charge in [-0.1, -0.05) is 45.4 Å². The van der Waals surface area contributed by atoms with E-state index >= 15 is 22.0 Å². The maximum Gasteiger partial charge on any atom is 0.343 e. The summed E-state index contributed by atoms with van der Waals surface area (Å²) in [7, 11) is 0. The molecule has 1 saturated carbocycles. The molecular weight excluding hydrogens is 482 g/mol. The van der Waals surface area contributed by atoms with Gasteiger partial charge in [0.05, 0.1) is 24.3 Å². The Morgan fingerprint density at radius 3 is 1.72 bits per heavy atom. The lowest BCUT2D eigenvalue weighted by Crippen LogP contribution is -2.41. The molecule has 0 aromatic heterocycles. The van der Waals surface area contributed by atoms with Crippen LogP contribution in [0.3, 0.4) is 0 Å². The van der Waals surface area contributed by atoms with Crippen LogP contribution < -0.4 is 9.47 Å². The van der Waals surface area contributed by atoms with Crippen molar-refractivity contribution in [3.05, 3.63) is 47.0 Å². The molecule has 0 spiro atoms. The summed E-state index contributed by atoms with van der Waals surface area (Å²) < 4.78 is 101. The zero-order chi connectivity index (χ0) is 26.1. The van der Waals surface area contributed by atoms with E-state index in [9.17, 15) is 4.39 Å². The van der Waals surface area contributed by atoms with Gasteiger partial charge in [0.15, 0.2) is 23.1 Å². The van der Waals surface area contributed by atoms with Gasteiger partial charge in [0.1, 0.15) is 0 Å². The van der Waals surface area contributed by atoms with E-state index in [1.165, 1.54) is 32.6 Å². The molecule has 2 aromatic rings. The highest BCUT2D eigenvalue weighted by atomic mass is 19.3. The van der Waals surface area contributed by atoms with E-state index in [2.05, 4.69) is 6.92 Å². The summed E-state index contributed by atoms with van der Waals surface area (Å²) in [6, 6.07) is 4.40. The average Bonchev–Trinajstić information content (AvgIpc) is 2.84. The molecule has 4 rings (SSSR count). The van der Waals surface area contributed by atoms with E-state index < -0.39 is 57.2 Å². The van der Waals surface area contributed by atoms with E-state index in [-0.39, 0.29) is 19.1 Å². The van der Waals surface area contributed by atoms with Crippen LogP contribution in [-0.2, 0) is 11.8 Å². The molecule has 198 valence electrons. The van der Waals surface area contributed by atoms with Gasteiger partial charge in [0.2, 0.25) is 0 Å². The van der Waals surface area contributed by atoms with Crippen molar-refractivity contribution in [2.45, 2.75) is 77.1 Å². The smallest absolute Gasteiger partial charge is 0.343 e. The van der Waals surface area contributed by atoms with Crippen LogP contribution in [-0.4, -0.2) is 13.2 Å². The molecule has 0 N–H and O–H groups in total. The second kappa shape index (κ2) is 10.5. The lowest BCUT2D eigenvalue weighted by Gasteiger charge is -2.35. The van der Waals surface area contributed by atoms with Crippen molar-refractivity contribution in [2.75, 3.05) is 13.2 Å². The number of halogens is 6.